The van der Waals surface area contributed by atoms with Crippen LogP contribution in [0.15, 0.2) is 188 Å². The average molecular weight is 1690 g/mol. The highest BCUT2D eigenvalue weighted by Gasteiger charge is 2.49. The van der Waals surface area contributed by atoms with Gasteiger partial charge in [0.25, 0.3) is 23.6 Å². The fraction of sp³-hybridized carbons (Fsp3) is 0.382. The minimum absolute atomic E-state index is 0.00318. The first-order valence-electron chi connectivity index (χ1n) is 41.5. The van der Waals surface area contributed by atoms with Crippen molar-refractivity contribution in [3.63, 3.8) is 0 Å². The summed E-state index contributed by atoms with van der Waals surface area (Å²) >= 11 is 3.37. The van der Waals surface area contributed by atoms with Gasteiger partial charge in [0.1, 0.15) is 40.6 Å². The van der Waals surface area contributed by atoms with Crippen molar-refractivity contribution in [1.29, 1.82) is 0 Å². The molecule has 0 spiro atoms. The van der Waals surface area contributed by atoms with Crippen molar-refractivity contribution in [3.05, 3.63) is 250 Å². The minimum atomic E-state index is -0.536. The molecule has 11 aromatic heterocycles. The van der Waals surface area contributed by atoms with Crippen molar-refractivity contribution >= 4 is 57.0 Å². The first-order chi connectivity index (χ1) is 58.8. The Kier molecular flexibility index (Phi) is 23.8. The van der Waals surface area contributed by atoms with E-state index in [4.69, 9.17) is 4.74 Å². The first kappa shape index (κ1) is 80.7. The van der Waals surface area contributed by atoms with Crippen LogP contribution in [0.4, 0.5) is 21.8 Å². The fourth-order valence-electron chi connectivity index (χ4n) is 18.6. The molecule has 1 aromatic carbocycles. The van der Waals surface area contributed by atoms with E-state index >= 15 is 0 Å². The third-order valence-electron chi connectivity index (χ3n) is 24.4. The van der Waals surface area contributed by atoms with Gasteiger partial charge in [-0.05, 0) is 253 Å². The number of nitrogens with one attached hydrogen (secondary N) is 3. The van der Waals surface area contributed by atoms with Crippen LogP contribution in [0.1, 0.15) is 152 Å². The molecule has 8 saturated heterocycles. The number of aromatic nitrogens is 18. The van der Waals surface area contributed by atoms with E-state index in [0.717, 1.165) is 157 Å². The van der Waals surface area contributed by atoms with Crippen molar-refractivity contribution in [2.24, 2.45) is 23.7 Å². The summed E-state index contributed by atoms with van der Waals surface area (Å²) in [4.78, 5) is 107. The quantitative estimate of drug-likeness (QED) is 0.0809. The van der Waals surface area contributed by atoms with Gasteiger partial charge in [0.05, 0.1) is 78.0 Å². The summed E-state index contributed by atoms with van der Waals surface area (Å²) in [6.45, 7) is 14.9. The number of nitrogens with zero attached hydrogens (tertiary/aromatic N) is 22. The fourth-order valence-corrected chi connectivity index (χ4v) is 18.9. The van der Waals surface area contributed by atoms with E-state index < -0.39 is 5.82 Å². The summed E-state index contributed by atoms with van der Waals surface area (Å²) in [5.74, 6) is 5.09. The maximum atomic E-state index is 14.6. The first-order valence-corrected chi connectivity index (χ1v) is 42.3. The van der Waals surface area contributed by atoms with Crippen LogP contribution in [0.25, 0.3) is 28.7 Å². The van der Waals surface area contributed by atoms with Crippen LogP contribution in [-0.2, 0) is 0 Å². The smallest absolute Gasteiger partial charge is 0.275 e. The maximum Gasteiger partial charge on any atom is 0.275 e. The number of halogens is 2. The molecule has 12 fully saturated rings. The Morgan fingerprint density at radius 3 is 1.38 bits per heavy atom. The highest BCUT2D eigenvalue weighted by atomic mass is 79.9. The summed E-state index contributed by atoms with van der Waals surface area (Å²) < 4.78 is 21.7. The van der Waals surface area contributed by atoms with E-state index in [1.807, 2.05) is 134 Å². The van der Waals surface area contributed by atoms with Gasteiger partial charge in [-0.25, -0.2) is 44.3 Å². The largest absolute Gasteiger partial charge is 0.472 e. The van der Waals surface area contributed by atoms with Gasteiger partial charge in [0.15, 0.2) is 23.2 Å². The van der Waals surface area contributed by atoms with Crippen LogP contribution in [0.3, 0.4) is 0 Å². The SMILES string of the molecule is Cc1ccc(NC2CC3CCC2N(C(=O)c2cc(C)cnc2-c2ncccn2)C3)nc1.Cc1ccc(NC2CC3CCC2N(C(=O)c2cc(C)cnc2-n2nccn2)C3)nc1.Cc1ccc(NC2CC3CCC2N(C(=O)c2nc(C)ccc2-n2nccn2)C3)nc1.O=C(c1cccc(F)c1-n1nccn1)N1CC2CCC1C(Oc1ccc(Br)cn1)C2. The molecule has 12 atom stereocenters. The van der Waals surface area contributed by atoms with E-state index in [1.165, 1.54) is 34.1 Å². The Hall–Kier alpha value is -12.7. The zero-order valence-corrected chi connectivity index (χ0v) is 69.8. The number of benzene rings is 1. The number of para-hydroxylation sites is 1. The highest BCUT2D eigenvalue weighted by molar-refractivity contribution is 9.10. The van der Waals surface area contributed by atoms with Crippen LogP contribution in [0, 0.1) is 71.0 Å². The van der Waals surface area contributed by atoms with Crippen LogP contribution in [0.2, 0.25) is 0 Å². The number of hydrogen-bond acceptors (Lipinski definition) is 23. The molecular formula is C89H95BrFN25O5. The molecule has 19 heterocycles. The monoisotopic (exact) mass is 1690 g/mol. The molecule has 12 aliphatic rings. The van der Waals surface area contributed by atoms with Gasteiger partial charge in [0.2, 0.25) is 5.88 Å². The second-order valence-electron chi connectivity index (χ2n) is 33.0. The summed E-state index contributed by atoms with van der Waals surface area (Å²) in [5, 5.41) is 35.6. The number of carbonyl (C=O) groups is 4. The second kappa shape index (κ2) is 35.7. The molecule has 30 nitrogen and oxygen atoms in total. The Bertz CT molecular complexity index is 5330. The standard InChI is InChI=1S/C24H26N6O.2C22H25N7O.C21H19BrFN5O2/c1-15-4-7-21(27-12-15)29-19-11-17-5-6-20(19)30(14-17)24(31)18-10-16(2)13-28-22(18)23-25-8-3-9-26-23;1-14-3-8-20(23-12-14)27-17-11-16-5-7-18(17)28(13-16)22(30)21-19(6-4-15(2)26-21)29-24-9-10-25-29;1-14-3-6-20(23-11-14)27-18-10-16-4-5-19(18)28(13-16)22(30)17-9-15(2)12-24-21(17)29-25-7-8-26-29;22-14-5-7-19(24-11-14)30-18-10-13-4-6-17(18)27(12-13)21(29)15-2-1-3-16(23)20(15)28-25-8-9-26-28/h3-4,7-10,12-13,17,19-20H,5-6,11,14H2,1-2H3,(H,27,29);3-4,6,8-10,12,16-18H,5,7,11,13H2,1-2H3,(H,23,27);3,6-9,11-12,16,18-19H,4-5,10,13H2,1-2H3,(H,23,27);1-3,5,7-9,11,13,17-18H,4,6,10,12H2. The van der Waals surface area contributed by atoms with Crippen molar-refractivity contribution in [2.45, 2.75) is 167 Å². The van der Waals surface area contributed by atoms with E-state index in [-0.39, 0.29) is 83.3 Å². The summed E-state index contributed by atoms with van der Waals surface area (Å²) in [5.41, 5.74) is 9.10. The Labute approximate surface area is 708 Å². The van der Waals surface area contributed by atoms with Gasteiger partial charge in [-0.15, -0.1) is 14.4 Å². The van der Waals surface area contributed by atoms with Gasteiger partial charge in [-0.1, -0.05) is 24.3 Å². The number of hydrogen-bond donors (Lipinski definition) is 3. The number of pyridine rings is 7. The number of ether oxygens (including phenoxy) is 1. The lowest BCUT2D eigenvalue weighted by Crippen LogP contribution is -2.60. The molecule has 24 rings (SSSR count). The van der Waals surface area contributed by atoms with Gasteiger partial charge in [0, 0.05) is 110 Å². The van der Waals surface area contributed by atoms with Gasteiger partial charge in [-0.3, -0.25) is 24.2 Å². The van der Waals surface area contributed by atoms with Gasteiger partial charge in [-0.2, -0.15) is 30.6 Å². The molecule has 4 amide bonds. The third-order valence-corrected chi connectivity index (χ3v) is 24.8. The maximum absolute atomic E-state index is 14.6. The number of amides is 4. The second-order valence-corrected chi connectivity index (χ2v) is 33.9. The van der Waals surface area contributed by atoms with Crippen LogP contribution >= 0.6 is 15.9 Å². The van der Waals surface area contributed by atoms with E-state index in [9.17, 15) is 23.6 Å². The predicted molar refractivity (Wildman–Crippen MR) is 453 cm³/mol. The summed E-state index contributed by atoms with van der Waals surface area (Å²) in [7, 11) is 0. The Morgan fingerprint density at radius 2 is 0.876 bits per heavy atom. The van der Waals surface area contributed by atoms with E-state index in [0.29, 0.717) is 75.9 Å². The number of piperidine rings is 8. The molecule has 4 saturated carbocycles. The lowest BCUT2D eigenvalue weighted by molar-refractivity contribution is -0.0313. The zero-order chi connectivity index (χ0) is 83.4. The van der Waals surface area contributed by atoms with E-state index in [2.05, 4.69) is 126 Å². The number of carbonyl (C=O) groups excluding carboxylic acids is 4. The highest BCUT2D eigenvalue weighted by Crippen LogP contribution is 2.43. The molecule has 8 aliphatic heterocycles. The molecule has 0 radical (unpaired) electrons. The number of anilines is 3. The van der Waals surface area contributed by atoms with Crippen LogP contribution in [-0.4, -0.2) is 208 Å². The molecule has 12 aromatic rings. The number of fused-ring (bicyclic) bond motifs is 12. The molecular weight excluding hydrogens is 1600 g/mol. The Balaban J connectivity index is 0.000000115. The third kappa shape index (κ3) is 18.0. The van der Waals surface area contributed by atoms with E-state index in [1.54, 1.807) is 67.9 Å². The van der Waals surface area contributed by atoms with Gasteiger partial charge >= 0.3 is 0 Å². The molecule has 3 N–H and O–H groups in total. The molecule has 620 valence electrons. The van der Waals surface area contributed by atoms with Crippen LogP contribution in [0.5, 0.6) is 5.88 Å². The zero-order valence-electron chi connectivity index (χ0n) is 68.2. The number of rotatable bonds is 16. The predicted octanol–water partition coefficient (Wildman–Crippen LogP) is 12.9. The normalized spacial score (nSPS) is 22.7. The van der Waals surface area contributed by atoms with Crippen molar-refractivity contribution < 1.29 is 28.3 Å². The lowest BCUT2D eigenvalue weighted by Gasteiger charge is -2.50. The molecule has 4 aliphatic carbocycles. The summed E-state index contributed by atoms with van der Waals surface area (Å²) in [6.07, 6.45) is 35.7. The molecule has 8 bridgehead atoms. The summed E-state index contributed by atoms with van der Waals surface area (Å²) in [6, 6.07) is 30.5. The average Bonchev–Trinajstić information content (AvgIpc) is 1.60. The van der Waals surface area contributed by atoms with Crippen molar-refractivity contribution in [3.8, 4) is 34.6 Å². The van der Waals surface area contributed by atoms with Crippen molar-refractivity contribution in [1.82, 2.24) is 109 Å². The van der Waals surface area contributed by atoms with Crippen LogP contribution < -0.4 is 20.7 Å². The molecule has 12 unspecified atom stereocenters. The van der Waals surface area contributed by atoms with Gasteiger partial charge < -0.3 is 40.3 Å². The molecule has 32 heteroatoms. The topological polar surface area (TPSA) is 335 Å². The number of aryl methyl sites for hydroxylation is 6. The Morgan fingerprint density at radius 1 is 0.413 bits per heavy atom. The molecule has 121 heavy (non-hydrogen) atoms. The lowest BCUT2D eigenvalue weighted by atomic mass is 9.76. The minimum Gasteiger partial charge on any atom is -0.472 e. The van der Waals surface area contributed by atoms with Crippen molar-refractivity contribution in [2.75, 3.05) is 42.1 Å².